The molecule has 1 aliphatic carbocycles. The average Bonchev–Trinajstić information content (AvgIpc) is 3.26. The summed E-state index contributed by atoms with van der Waals surface area (Å²) in [4.78, 5) is 35.8. The van der Waals surface area contributed by atoms with E-state index in [0.717, 1.165) is 12.0 Å². The Kier molecular flexibility index (Phi) is 5.49. The van der Waals surface area contributed by atoms with E-state index in [2.05, 4.69) is 10.6 Å². The van der Waals surface area contributed by atoms with Crippen LogP contribution in [0.4, 0.5) is 5.69 Å². The monoisotopic (exact) mass is 380 g/mol. The van der Waals surface area contributed by atoms with Crippen LogP contribution >= 0.6 is 0 Å². The molecule has 0 radical (unpaired) electrons. The smallest absolute Gasteiger partial charge is 0.307 e. The number of hydrogen-bond acceptors (Lipinski definition) is 3. The molecule has 0 aliphatic heterocycles. The van der Waals surface area contributed by atoms with Crippen molar-refractivity contribution in [2.45, 2.75) is 20.3 Å². The molecule has 2 aromatic rings. The van der Waals surface area contributed by atoms with Gasteiger partial charge in [0.05, 0.1) is 11.8 Å². The number of benzene rings is 2. The molecule has 2 aromatic carbocycles. The molecular formula is C22H24N2O4. The van der Waals surface area contributed by atoms with Gasteiger partial charge in [-0.25, -0.2) is 0 Å². The van der Waals surface area contributed by atoms with Gasteiger partial charge in [-0.15, -0.1) is 0 Å². The molecule has 146 valence electrons. The van der Waals surface area contributed by atoms with Gasteiger partial charge < -0.3 is 15.7 Å². The predicted octanol–water partition coefficient (Wildman–Crippen LogP) is 2.95. The second-order valence-corrected chi connectivity index (χ2v) is 7.67. The molecule has 1 fully saturated rings. The van der Waals surface area contributed by atoms with E-state index in [1.54, 1.807) is 38.1 Å². The Morgan fingerprint density at radius 1 is 0.964 bits per heavy atom. The quantitative estimate of drug-likeness (QED) is 0.688. The van der Waals surface area contributed by atoms with Crippen molar-refractivity contribution in [2.75, 3.05) is 11.9 Å². The molecule has 0 aromatic heterocycles. The number of aliphatic carboxylic acids is 1. The van der Waals surface area contributed by atoms with E-state index in [4.69, 9.17) is 0 Å². The van der Waals surface area contributed by atoms with E-state index in [1.165, 1.54) is 0 Å². The fourth-order valence-electron chi connectivity index (χ4n) is 3.58. The summed E-state index contributed by atoms with van der Waals surface area (Å²) in [5.41, 5.74) is 1.65. The zero-order valence-corrected chi connectivity index (χ0v) is 15.9. The molecule has 0 bridgehead atoms. The van der Waals surface area contributed by atoms with Gasteiger partial charge in [0.2, 0.25) is 5.91 Å². The van der Waals surface area contributed by atoms with E-state index in [9.17, 15) is 19.5 Å². The topological polar surface area (TPSA) is 95.5 Å². The van der Waals surface area contributed by atoms with Gasteiger partial charge in [-0.3, -0.25) is 14.4 Å². The van der Waals surface area contributed by atoms with E-state index >= 15 is 0 Å². The molecule has 0 heterocycles. The van der Waals surface area contributed by atoms with Crippen molar-refractivity contribution in [3.8, 4) is 0 Å². The number of hydrogen-bond donors (Lipinski definition) is 3. The molecule has 3 rings (SSSR count). The maximum atomic E-state index is 12.3. The summed E-state index contributed by atoms with van der Waals surface area (Å²) < 4.78 is 0. The van der Waals surface area contributed by atoms with Crippen molar-refractivity contribution in [1.82, 2.24) is 5.32 Å². The molecule has 2 atom stereocenters. The van der Waals surface area contributed by atoms with Crippen molar-refractivity contribution < 1.29 is 19.5 Å². The van der Waals surface area contributed by atoms with Crippen molar-refractivity contribution in [3.63, 3.8) is 0 Å². The number of carboxylic acids is 1. The molecule has 6 heteroatoms. The second-order valence-electron chi connectivity index (χ2n) is 7.67. The lowest BCUT2D eigenvalue weighted by molar-refractivity contribution is -0.140. The van der Waals surface area contributed by atoms with Gasteiger partial charge in [0.1, 0.15) is 0 Å². The lowest BCUT2D eigenvalue weighted by Crippen LogP contribution is -2.25. The minimum Gasteiger partial charge on any atom is -0.481 e. The molecule has 1 aliphatic rings. The summed E-state index contributed by atoms with van der Waals surface area (Å²) in [6.45, 7) is 4.09. The van der Waals surface area contributed by atoms with Gasteiger partial charge in [-0.05, 0) is 41.7 Å². The Labute approximate surface area is 164 Å². The largest absolute Gasteiger partial charge is 0.481 e. The normalized spacial score (nSPS) is 19.5. The summed E-state index contributed by atoms with van der Waals surface area (Å²) in [6, 6.07) is 16.5. The minimum absolute atomic E-state index is 0.178. The highest BCUT2D eigenvalue weighted by Gasteiger charge is 2.65. The number of rotatable bonds is 7. The highest BCUT2D eigenvalue weighted by Crippen LogP contribution is 2.58. The first-order valence-electron chi connectivity index (χ1n) is 9.26. The molecular weight excluding hydrogens is 356 g/mol. The SMILES string of the molecule is CC1(C)[C@H](C(=O)Nc2ccc(C(=O)NCCc3ccccc3)cc2)[C@@H]1C(=O)O. The van der Waals surface area contributed by atoms with Gasteiger partial charge >= 0.3 is 5.97 Å². The number of carbonyl (C=O) groups excluding carboxylic acids is 2. The van der Waals surface area contributed by atoms with E-state index in [-0.39, 0.29) is 11.8 Å². The van der Waals surface area contributed by atoms with Crippen LogP contribution in [-0.2, 0) is 16.0 Å². The minimum atomic E-state index is -0.951. The number of anilines is 1. The first-order chi connectivity index (χ1) is 13.3. The molecule has 6 nitrogen and oxygen atoms in total. The number of carbonyl (C=O) groups is 3. The maximum absolute atomic E-state index is 12.3. The standard InChI is InChI=1S/C22H24N2O4/c1-22(2)17(18(22)21(27)28)20(26)24-16-10-8-15(9-11-16)19(25)23-13-12-14-6-4-3-5-7-14/h3-11,17-18H,12-13H2,1-2H3,(H,23,25)(H,24,26)(H,27,28)/t17-,18+/m0/s1. The number of nitrogens with one attached hydrogen (secondary N) is 2. The first kappa shape index (κ1) is 19.6. The summed E-state index contributed by atoms with van der Waals surface area (Å²) in [6.07, 6.45) is 0.753. The average molecular weight is 380 g/mol. The zero-order valence-electron chi connectivity index (χ0n) is 15.9. The Morgan fingerprint density at radius 3 is 2.18 bits per heavy atom. The van der Waals surface area contributed by atoms with Gasteiger partial charge in [-0.2, -0.15) is 0 Å². The molecule has 0 unspecified atom stereocenters. The van der Waals surface area contributed by atoms with Gasteiger partial charge in [0.15, 0.2) is 0 Å². The van der Waals surface area contributed by atoms with Crippen LogP contribution in [0.5, 0.6) is 0 Å². The van der Waals surface area contributed by atoms with Crippen molar-refractivity contribution >= 4 is 23.5 Å². The highest BCUT2D eigenvalue weighted by molar-refractivity contribution is 6.00. The number of carboxylic acid groups (broad SMARTS) is 1. The summed E-state index contributed by atoms with van der Waals surface area (Å²) >= 11 is 0. The third kappa shape index (κ3) is 4.22. The Hall–Kier alpha value is -3.15. The lowest BCUT2D eigenvalue weighted by atomic mass is 10.1. The van der Waals surface area contributed by atoms with Crippen LogP contribution in [0, 0.1) is 17.3 Å². The predicted molar refractivity (Wildman–Crippen MR) is 106 cm³/mol. The van der Waals surface area contributed by atoms with E-state index < -0.39 is 23.2 Å². The lowest BCUT2D eigenvalue weighted by Gasteiger charge is -2.08. The summed E-state index contributed by atoms with van der Waals surface area (Å²) in [5, 5.41) is 14.8. The van der Waals surface area contributed by atoms with Crippen LogP contribution in [0.1, 0.15) is 29.8 Å². The molecule has 3 N–H and O–H groups in total. The van der Waals surface area contributed by atoms with Gasteiger partial charge in [0, 0.05) is 17.8 Å². The van der Waals surface area contributed by atoms with Crippen LogP contribution in [0.2, 0.25) is 0 Å². The molecule has 1 saturated carbocycles. The highest BCUT2D eigenvalue weighted by atomic mass is 16.4. The second kappa shape index (κ2) is 7.84. The van der Waals surface area contributed by atoms with Gasteiger partial charge in [-0.1, -0.05) is 44.2 Å². The van der Waals surface area contributed by atoms with Crippen LogP contribution in [-0.4, -0.2) is 29.4 Å². The fourth-order valence-corrected chi connectivity index (χ4v) is 3.58. The van der Waals surface area contributed by atoms with Crippen LogP contribution in [0.3, 0.4) is 0 Å². The summed E-state index contributed by atoms with van der Waals surface area (Å²) in [7, 11) is 0. The molecule has 28 heavy (non-hydrogen) atoms. The Morgan fingerprint density at radius 2 is 1.61 bits per heavy atom. The van der Waals surface area contributed by atoms with Crippen LogP contribution < -0.4 is 10.6 Å². The van der Waals surface area contributed by atoms with Crippen molar-refractivity contribution in [2.24, 2.45) is 17.3 Å². The third-order valence-corrected chi connectivity index (χ3v) is 5.33. The Balaban J connectivity index is 1.51. The van der Waals surface area contributed by atoms with Crippen LogP contribution in [0.25, 0.3) is 0 Å². The molecule has 2 amide bonds. The Bertz CT molecular complexity index is 875. The zero-order chi connectivity index (χ0) is 20.3. The van der Waals surface area contributed by atoms with Crippen LogP contribution in [0.15, 0.2) is 54.6 Å². The third-order valence-electron chi connectivity index (χ3n) is 5.33. The fraction of sp³-hybridized carbons (Fsp3) is 0.318. The number of amides is 2. The first-order valence-corrected chi connectivity index (χ1v) is 9.26. The molecule has 0 spiro atoms. The van der Waals surface area contributed by atoms with E-state index in [1.807, 2.05) is 30.3 Å². The van der Waals surface area contributed by atoms with Gasteiger partial charge in [0.25, 0.3) is 5.91 Å². The van der Waals surface area contributed by atoms with E-state index in [0.29, 0.717) is 17.8 Å². The maximum Gasteiger partial charge on any atom is 0.307 e. The molecule has 0 saturated heterocycles. The summed E-state index contributed by atoms with van der Waals surface area (Å²) in [5.74, 6) is -2.65. The van der Waals surface area contributed by atoms with Crippen molar-refractivity contribution in [3.05, 3.63) is 65.7 Å². The van der Waals surface area contributed by atoms with Crippen molar-refractivity contribution in [1.29, 1.82) is 0 Å².